The van der Waals surface area contributed by atoms with Crippen molar-refractivity contribution in [1.29, 1.82) is 0 Å². The molecule has 0 aliphatic carbocycles. The molecule has 2 N–H and O–H groups in total. The Labute approximate surface area is 121 Å². The first kappa shape index (κ1) is 13.1. The van der Waals surface area contributed by atoms with Crippen LogP contribution in [-0.2, 0) is 6.61 Å². The predicted molar refractivity (Wildman–Crippen MR) is 77.0 cm³/mol. The molecule has 106 valence electrons. The molecule has 6 heteroatoms. The molecule has 0 bridgehead atoms. The second-order valence-electron chi connectivity index (χ2n) is 4.68. The lowest BCUT2D eigenvalue weighted by molar-refractivity contribution is 0.1000. The Balaban J connectivity index is 1.84. The summed E-state index contributed by atoms with van der Waals surface area (Å²) >= 11 is 0. The maximum atomic E-state index is 11.2. The Morgan fingerprint density at radius 1 is 1.38 bits per heavy atom. The van der Waals surface area contributed by atoms with Crippen LogP contribution in [0, 0.1) is 6.92 Å². The second kappa shape index (κ2) is 5.24. The summed E-state index contributed by atoms with van der Waals surface area (Å²) in [5.41, 5.74) is 8.23. The van der Waals surface area contributed by atoms with Gasteiger partial charge in [0.15, 0.2) is 5.65 Å². The highest BCUT2D eigenvalue weighted by atomic mass is 16.5. The van der Waals surface area contributed by atoms with Gasteiger partial charge in [0, 0.05) is 11.8 Å². The third-order valence-corrected chi connectivity index (χ3v) is 3.20. The van der Waals surface area contributed by atoms with Crippen molar-refractivity contribution >= 4 is 11.6 Å². The molecule has 1 amide bonds. The number of aromatic nitrogens is 3. The Morgan fingerprint density at radius 3 is 3.05 bits per heavy atom. The highest BCUT2D eigenvalue weighted by Gasteiger charge is 2.08. The first-order chi connectivity index (χ1) is 10.1. The van der Waals surface area contributed by atoms with Gasteiger partial charge in [-0.1, -0.05) is 6.07 Å². The quantitative estimate of drug-likeness (QED) is 0.789. The van der Waals surface area contributed by atoms with Crippen LogP contribution in [0.4, 0.5) is 0 Å². The summed E-state index contributed by atoms with van der Waals surface area (Å²) in [6.45, 7) is 2.22. The molecule has 0 aliphatic heterocycles. The lowest BCUT2D eigenvalue weighted by Gasteiger charge is -2.09. The van der Waals surface area contributed by atoms with Crippen LogP contribution in [0.1, 0.15) is 21.6 Å². The number of ether oxygens (including phenoxy) is 1. The van der Waals surface area contributed by atoms with Gasteiger partial charge in [0.25, 0.3) is 0 Å². The van der Waals surface area contributed by atoms with E-state index in [1.165, 1.54) is 0 Å². The third-order valence-electron chi connectivity index (χ3n) is 3.20. The van der Waals surface area contributed by atoms with E-state index in [1.54, 1.807) is 29.0 Å². The molecule has 2 heterocycles. The van der Waals surface area contributed by atoms with Crippen LogP contribution in [0.5, 0.6) is 5.75 Å². The summed E-state index contributed by atoms with van der Waals surface area (Å²) in [6, 6.07) is 8.83. The molecule has 3 aromatic rings. The average Bonchev–Trinajstić information content (AvgIpc) is 2.89. The van der Waals surface area contributed by atoms with Crippen molar-refractivity contribution in [2.45, 2.75) is 13.5 Å². The maximum absolute atomic E-state index is 11.2. The fourth-order valence-electron chi connectivity index (χ4n) is 2.04. The number of nitrogens with zero attached hydrogens (tertiary/aromatic N) is 3. The van der Waals surface area contributed by atoms with Gasteiger partial charge in [-0.05, 0) is 36.8 Å². The molecule has 0 spiro atoms. The Kier molecular flexibility index (Phi) is 3.27. The summed E-state index contributed by atoms with van der Waals surface area (Å²) in [7, 11) is 0. The van der Waals surface area contributed by atoms with E-state index in [0.29, 0.717) is 17.9 Å². The Bertz CT molecular complexity index is 810. The number of hydrogen-bond donors (Lipinski definition) is 1. The number of aryl methyl sites for hydroxylation is 1. The SMILES string of the molecule is Cc1ccc(C(N)=O)cc1OCc1cnc2cccnn12. The van der Waals surface area contributed by atoms with Crippen LogP contribution in [0.15, 0.2) is 42.7 Å². The van der Waals surface area contributed by atoms with Gasteiger partial charge in [-0.15, -0.1) is 0 Å². The number of carbonyl (C=O) groups is 1. The summed E-state index contributed by atoms with van der Waals surface area (Å²) in [6.07, 6.45) is 3.41. The fourth-order valence-corrected chi connectivity index (χ4v) is 2.04. The van der Waals surface area contributed by atoms with E-state index in [9.17, 15) is 4.79 Å². The zero-order chi connectivity index (χ0) is 14.8. The van der Waals surface area contributed by atoms with Crippen LogP contribution < -0.4 is 10.5 Å². The standard InChI is InChI=1S/C15H14N4O2/c1-10-4-5-11(15(16)20)7-13(10)21-9-12-8-17-14-3-2-6-18-19(12)14/h2-8H,9H2,1H3,(H2,16,20). The topological polar surface area (TPSA) is 82.5 Å². The van der Waals surface area contributed by atoms with E-state index < -0.39 is 5.91 Å². The lowest BCUT2D eigenvalue weighted by Crippen LogP contribution is -2.11. The maximum Gasteiger partial charge on any atom is 0.248 e. The van der Waals surface area contributed by atoms with Gasteiger partial charge < -0.3 is 10.5 Å². The highest BCUT2D eigenvalue weighted by Crippen LogP contribution is 2.20. The van der Waals surface area contributed by atoms with E-state index in [0.717, 1.165) is 16.9 Å². The molecule has 0 fully saturated rings. The number of rotatable bonds is 4. The summed E-state index contributed by atoms with van der Waals surface area (Å²) in [4.78, 5) is 15.5. The monoisotopic (exact) mass is 282 g/mol. The van der Waals surface area contributed by atoms with Crippen LogP contribution in [0.2, 0.25) is 0 Å². The number of nitrogens with two attached hydrogens (primary N) is 1. The van der Waals surface area contributed by atoms with Gasteiger partial charge in [0.05, 0.1) is 6.20 Å². The van der Waals surface area contributed by atoms with Crippen LogP contribution in [-0.4, -0.2) is 20.5 Å². The van der Waals surface area contributed by atoms with Gasteiger partial charge in [-0.3, -0.25) is 4.79 Å². The molecular weight excluding hydrogens is 268 g/mol. The van der Waals surface area contributed by atoms with Gasteiger partial charge in [-0.2, -0.15) is 5.10 Å². The fraction of sp³-hybridized carbons (Fsp3) is 0.133. The Hall–Kier alpha value is -2.89. The molecule has 0 unspecified atom stereocenters. The zero-order valence-corrected chi connectivity index (χ0v) is 11.5. The van der Waals surface area contributed by atoms with Crippen molar-refractivity contribution < 1.29 is 9.53 Å². The molecule has 21 heavy (non-hydrogen) atoms. The van der Waals surface area contributed by atoms with Crippen LogP contribution in [0.3, 0.4) is 0 Å². The molecule has 6 nitrogen and oxygen atoms in total. The third kappa shape index (κ3) is 2.55. The second-order valence-corrected chi connectivity index (χ2v) is 4.68. The molecule has 0 aliphatic rings. The minimum Gasteiger partial charge on any atom is -0.487 e. The molecule has 0 saturated carbocycles. The number of imidazole rings is 1. The zero-order valence-electron chi connectivity index (χ0n) is 11.5. The number of carbonyl (C=O) groups excluding carboxylic acids is 1. The highest BCUT2D eigenvalue weighted by molar-refractivity contribution is 5.93. The van der Waals surface area contributed by atoms with Gasteiger partial charge in [-0.25, -0.2) is 9.50 Å². The molecule has 2 aromatic heterocycles. The van der Waals surface area contributed by atoms with Gasteiger partial charge in [0.2, 0.25) is 5.91 Å². The molecule has 0 saturated heterocycles. The van der Waals surface area contributed by atoms with Gasteiger partial charge >= 0.3 is 0 Å². The van der Waals surface area contributed by atoms with Crippen molar-refractivity contribution in [3.8, 4) is 5.75 Å². The van der Waals surface area contributed by atoms with Crippen molar-refractivity contribution in [2.24, 2.45) is 5.73 Å². The number of benzene rings is 1. The predicted octanol–water partition coefficient (Wildman–Crippen LogP) is 1.72. The van der Waals surface area contributed by atoms with E-state index in [1.807, 2.05) is 25.1 Å². The first-order valence-corrected chi connectivity index (χ1v) is 6.46. The molecule has 0 radical (unpaired) electrons. The summed E-state index contributed by atoms with van der Waals surface area (Å²) in [5.74, 6) is 0.147. The van der Waals surface area contributed by atoms with E-state index in [4.69, 9.17) is 10.5 Å². The molecule has 1 aromatic carbocycles. The Morgan fingerprint density at radius 2 is 2.24 bits per heavy atom. The lowest BCUT2D eigenvalue weighted by atomic mass is 10.1. The van der Waals surface area contributed by atoms with Crippen molar-refractivity contribution in [1.82, 2.24) is 14.6 Å². The van der Waals surface area contributed by atoms with Crippen molar-refractivity contribution in [3.05, 3.63) is 59.5 Å². The molecule has 3 rings (SSSR count). The van der Waals surface area contributed by atoms with Gasteiger partial charge in [0.1, 0.15) is 18.1 Å². The van der Waals surface area contributed by atoms with Crippen LogP contribution in [0.25, 0.3) is 5.65 Å². The smallest absolute Gasteiger partial charge is 0.248 e. The minimum absolute atomic E-state index is 0.307. The molecule has 0 atom stereocenters. The number of hydrogen-bond acceptors (Lipinski definition) is 4. The average molecular weight is 282 g/mol. The van der Waals surface area contributed by atoms with Crippen LogP contribution >= 0.6 is 0 Å². The summed E-state index contributed by atoms with van der Waals surface area (Å²) < 4.78 is 7.49. The van der Waals surface area contributed by atoms with Crippen molar-refractivity contribution in [3.63, 3.8) is 0 Å². The summed E-state index contributed by atoms with van der Waals surface area (Å²) in [5, 5.41) is 4.22. The van der Waals surface area contributed by atoms with E-state index in [-0.39, 0.29) is 0 Å². The largest absolute Gasteiger partial charge is 0.487 e. The number of primary amides is 1. The van der Waals surface area contributed by atoms with E-state index in [2.05, 4.69) is 10.1 Å². The van der Waals surface area contributed by atoms with Crippen molar-refractivity contribution in [2.75, 3.05) is 0 Å². The minimum atomic E-state index is -0.476. The normalized spacial score (nSPS) is 10.7. The number of amides is 1. The van der Waals surface area contributed by atoms with E-state index >= 15 is 0 Å². The molecular formula is C15H14N4O2. The number of fused-ring (bicyclic) bond motifs is 1. The first-order valence-electron chi connectivity index (χ1n) is 6.46.